The van der Waals surface area contributed by atoms with Gasteiger partial charge in [-0.2, -0.15) is 0 Å². The Bertz CT molecular complexity index is 1540. The number of amides is 1. The summed E-state index contributed by atoms with van der Waals surface area (Å²) in [5.41, 5.74) is 5.12. The van der Waals surface area contributed by atoms with Crippen molar-refractivity contribution in [3.05, 3.63) is 41.8 Å². The SMILES string of the molecule is COc1c(-c2ccc3nc(N4CCC(N(C(=O)OC(C)(C)C)C(C)C)C4)ccc3n2)cc2oc(C)nc2c1C. The van der Waals surface area contributed by atoms with Crippen LogP contribution in [0.25, 0.3) is 33.4 Å². The normalized spacial score (nSPS) is 15.9. The molecule has 1 unspecified atom stereocenters. The maximum atomic E-state index is 12.9. The number of oxazole rings is 1. The zero-order chi connectivity index (χ0) is 28.1. The van der Waals surface area contributed by atoms with Crippen LogP contribution in [-0.4, -0.2) is 63.8 Å². The molecule has 1 aliphatic heterocycles. The summed E-state index contributed by atoms with van der Waals surface area (Å²) in [6, 6.07) is 9.98. The number of nitrogens with zero attached hydrogens (tertiary/aromatic N) is 5. The minimum absolute atomic E-state index is 0.0395. The number of aromatic nitrogens is 3. The molecule has 1 fully saturated rings. The van der Waals surface area contributed by atoms with Crippen molar-refractivity contribution in [1.82, 2.24) is 19.9 Å². The topological polar surface area (TPSA) is 93.8 Å². The van der Waals surface area contributed by atoms with E-state index in [0.717, 1.165) is 57.9 Å². The van der Waals surface area contributed by atoms with Gasteiger partial charge in [-0.1, -0.05) is 0 Å². The molecule has 1 saturated heterocycles. The fourth-order valence-corrected chi connectivity index (χ4v) is 5.37. The van der Waals surface area contributed by atoms with E-state index in [2.05, 4.69) is 9.88 Å². The maximum Gasteiger partial charge on any atom is 0.410 e. The molecule has 0 spiro atoms. The average Bonchev–Trinajstić information content (AvgIpc) is 3.48. The lowest BCUT2D eigenvalue weighted by atomic mass is 10.0. The van der Waals surface area contributed by atoms with Crippen molar-refractivity contribution in [3.63, 3.8) is 0 Å². The second-order valence-corrected chi connectivity index (χ2v) is 11.4. The van der Waals surface area contributed by atoms with E-state index in [-0.39, 0.29) is 18.2 Å². The predicted molar refractivity (Wildman–Crippen MR) is 152 cm³/mol. The molecule has 0 bridgehead atoms. The molecule has 39 heavy (non-hydrogen) atoms. The lowest BCUT2D eigenvalue weighted by Crippen LogP contribution is -2.48. The molecule has 1 atom stereocenters. The number of carbonyl (C=O) groups is 1. The van der Waals surface area contributed by atoms with Gasteiger partial charge in [0.15, 0.2) is 11.5 Å². The summed E-state index contributed by atoms with van der Waals surface area (Å²) in [5, 5.41) is 0. The van der Waals surface area contributed by atoms with E-state index in [1.165, 1.54) is 0 Å². The number of methoxy groups -OCH3 is 1. The fraction of sp³-hybridized carbons (Fsp3) is 0.467. The van der Waals surface area contributed by atoms with Crippen LogP contribution in [0.1, 0.15) is 52.5 Å². The molecular formula is C30H37N5O4. The highest BCUT2D eigenvalue weighted by molar-refractivity contribution is 5.89. The lowest BCUT2D eigenvalue weighted by Gasteiger charge is -2.34. The summed E-state index contributed by atoms with van der Waals surface area (Å²) >= 11 is 0. The fourth-order valence-electron chi connectivity index (χ4n) is 5.37. The van der Waals surface area contributed by atoms with Crippen LogP contribution in [-0.2, 0) is 4.74 Å². The summed E-state index contributed by atoms with van der Waals surface area (Å²) in [5.74, 6) is 2.22. The Kier molecular flexibility index (Phi) is 6.86. The largest absolute Gasteiger partial charge is 0.496 e. The van der Waals surface area contributed by atoms with E-state index in [1.807, 2.05) is 83.7 Å². The van der Waals surface area contributed by atoms with Crippen molar-refractivity contribution in [1.29, 1.82) is 0 Å². The molecule has 1 aromatic carbocycles. The van der Waals surface area contributed by atoms with Crippen LogP contribution in [0.3, 0.4) is 0 Å². The first-order valence-electron chi connectivity index (χ1n) is 13.4. The van der Waals surface area contributed by atoms with E-state index < -0.39 is 5.60 Å². The van der Waals surface area contributed by atoms with Crippen LogP contribution in [0.15, 0.2) is 34.7 Å². The highest BCUT2D eigenvalue weighted by Crippen LogP contribution is 2.38. The van der Waals surface area contributed by atoms with Gasteiger partial charge in [-0.3, -0.25) is 0 Å². The number of benzene rings is 1. The smallest absolute Gasteiger partial charge is 0.410 e. The Morgan fingerprint density at radius 3 is 2.51 bits per heavy atom. The summed E-state index contributed by atoms with van der Waals surface area (Å²) in [6.07, 6.45) is 0.591. The minimum atomic E-state index is -0.531. The second-order valence-electron chi connectivity index (χ2n) is 11.4. The minimum Gasteiger partial charge on any atom is -0.496 e. The zero-order valence-corrected chi connectivity index (χ0v) is 24.0. The molecule has 9 nitrogen and oxygen atoms in total. The standard InChI is InChI=1S/C30H37N5O4/c1-17(2)35(29(36)39-30(5,6)7)20-13-14-34(16-20)26-12-11-23-24(33-26)10-9-22(32-23)21-15-25-27(31-19(4)38-25)18(3)28(21)37-8/h9-12,15,17,20H,13-14,16H2,1-8H3. The van der Waals surface area contributed by atoms with Crippen molar-refractivity contribution < 1.29 is 18.7 Å². The number of rotatable bonds is 5. The predicted octanol–water partition coefficient (Wildman–Crippen LogP) is 6.29. The van der Waals surface area contributed by atoms with Crippen molar-refractivity contribution in [2.24, 2.45) is 0 Å². The van der Waals surface area contributed by atoms with Gasteiger partial charge in [0.25, 0.3) is 0 Å². The number of anilines is 1. The quantitative estimate of drug-likeness (QED) is 0.297. The van der Waals surface area contributed by atoms with Crippen molar-refractivity contribution >= 4 is 34.0 Å². The van der Waals surface area contributed by atoms with Crippen LogP contribution < -0.4 is 9.64 Å². The van der Waals surface area contributed by atoms with Gasteiger partial charge >= 0.3 is 6.09 Å². The number of ether oxygens (including phenoxy) is 2. The molecule has 0 aliphatic carbocycles. The highest BCUT2D eigenvalue weighted by atomic mass is 16.6. The highest BCUT2D eigenvalue weighted by Gasteiger charge is 2.35. The van der Waals surface area contributed by atoms with Crippen LogP contribution in [0, 0.1) is 13.8 Å². The van der Waals surface area contributed by atoms with Crippen LogP contribution in [0.4, 0.5) is 10.6 Å². The number of carbonyl (C=O) groups excluding carboxylic acids is 1. The number of fused-ring (bicyclic) bond motifs is 2. The van der Waals surface area contributed by atoms with Gasteiger partial charge in [0.1, 0.15) is 22.7 Å². The van der Waals surface area contributed by atoms with Crippen LogP contribution >= 0.6 is 0 Å². The molecule has 5 rings (SSSR count). The van der Waals surface area contributed by atoms with Gasteiger partial charge in [0.2, 0.25) is 0 Å². The summed E-state index contributed by atoms with van der Waals surface area (Å²) < 4.78 is 17.3. The lowest BCUT2D eigenvalue weighted by molar-refractivity contribution is 0.0107. The van der Waals surface area contributed by atoms with Gasteiger partial charge in [0, 0.05) is 37.2 Å². The molecule has 4 heterocycles. The monoisotopic (exact) mass is 531 g/mol. The number of hydrogen-bond donors (Lipinski definition) is 0. The molecular weight excluding hydrogens is 494 g/mol. The number of pyridine rings is 2. The molecule has 9 heteroatoms. The third kappa shape index (κ3) is 5.22. The van der Waals surface area contributed by atoms with Crippen LogP contribution in [0.2, 0.25) is 0 Å². The van der Waals surface area contributed by atoms with Gasteiger partial charge in [0.05, 0.1) is 29.9 Å². The summed E-state index contributed by atoms with van der Waals surface area (Å²) in [4.78, 5) is 31.3. The molecule has 206 valence electrons. The average molecular weight is 532 g/mol. The van der Waals surface area contributed by atoms with Gasteiger partial charge in [-0.05, 0) is 78.3 Å². The Labute approximate surface area is 229 Å². The van der Waals surface area contributed by atoms with Crippen molar-refractivity contribution in [2.45, 2.75) is 72.6 Å². The molecule has 0 N–H and O–H groups in total. The van der Waals surface area contributed by atoms with Gasteiger partial charge in [-0.15, -0.1) is 0 Å². The summed E-state index contributed by atoms with van der Waals surface area (Å²) in [7, 11) is 1.66. The number of hydrogen-bond acceptors (Lipinski definition) is 8. The zero-order valence-electron chi connectivity index (χ0n) is 24.0. The molecule has 1 amide bonds. The molecule has 0 saturated carbocycles. The van der Waals surface area contributed by atoms with E-state index in [4.69, 9.17) is 23.9 Å². The number of aryl methyl sites for hydroxylation is 2. The van der Waals surface area contributed by atoms with Gasteiger partial charge < -0.3 is 23.7 Å². The van der Waals surface area contributed by atoms with E-state index in [1.54, 1.807) is 7.11 Å². The van der Waals surface area contributed by atoms with Crippen LogP contribution in [0.5, 0.6) is 5.75 Å². The molecule has 1 aliphatic rings. The second kappa shape index (κ2) is 10.0. The van der Waals surface area contributed by atoms with Gasteiger partial charge in [-0.25, -0.2) is 19.7 Å². The Hall–Kier alpha value is -3.88. The summed E-state index contributed by atoms with van der Waals surface area (Å²) in [6.45, 7) is 15.1. The molecule has 0 radical (unpaired) electrons. The first-order chi connectivity index (χ1) is 18.4. The third-order valence-electron chi connectivity index (χ3n) is 7.03. The van der Waals surface area contributed by atoms with Crippen molar-refractivity contribution in [2.75, 3.05) is 25.1 Å². The maximum absolute atomic E-state index is 12.9. The Morgan fingerprint density at radius 2 is 1.82 bits per heavy atom. The first kappa shape index (κ1) is 26.7. The molecule has 4 aromatic rings. The first-order valence-corrected chi connectivity index (χ1v) is 13.4. The van der Waals surface area contributed by atoms with E-state index in [9.17, 15) is 4.79 Å². The Morgan fingerprint density at radius 1 is 1.10 bits per heavy atom. The van der Waals surface area contributed by atoms with E-state index >= 15 is 0 Å². The van der Waals surface area contributed by atoms with Crippen molar-refractivity contribution in [3.8, 4) is 17.0 Å². The molecule has 3 aromatic heterocycles. The van der Waals surface area contributed by atoms with E-state index in [0.29, 0.717) is 18.0 Å². The Balaban J connectivity index is 1.40. The third-order valence-corrected chi connectivity index (χ3v) is 7.03.